The summed E-state index contributed by atoms with van der Waals surface area (Å²) in [5, 5.41) is 7.69. The molecule has 0 fully saturated rings. The molecule has 2 heterocycles. The quantitative estimate of drug-likeness (QED) is 0.937. The lowest BCUT2D eigenvalue weighted by molar-refractivity contribution is 0.418. The second-order valence-electron chi connectivity index (χ2n) is 6.18. The van der Waals surface area contributed by atoms with Crippen molar-refractivity contribution in [3.8, 4) is 11.6 Å². The Morgan fingerprint density at radius 1 is 1.19 bits per heavy atom. The number of ether oxygens (including phenoxy) is 1. The number of nitrogens with zero attached hydrogens (tertiary/aromatic N) is 4. The highest BCUT2D eigenvalue weighted by atomic mass is 16.5. The minimum absolute atomic E-state index is 0.0563. The van der Waals surface area contributed by atoms with Crippen LogP contribution in [0, 0.1) is 13.8 Å². The molecular weight excluding hydrogens is 266 g/mol. The fourth-order valence-electron chi connectivity index (χ4n) is 1.85. The Balaban J connectivity index is 2.06. The molecule has 6 heteroatoms. The lowest BCUT2D eigenvalue weighted by atomic mass is 10.1. The molecule has 0 spiro atoms. The Kier molecular flexibility index (Phi) is 4.27. The first-order valence-electron chi connectivity index (χ1n) is 7.00. The highest BCUT2D eigenvalue weighted by Crippen LogP contribution is 2.26. The molecule has 0 saturated carbocycles. The van der Waals surface area contributed by atoms with Crippen molar-refractivity contribution in [1.82, 2.24) is 25.1 Å². The fourth-order valence-corrected chi connectivity index (χ4v) is 1.85. The number of hydrogen-bond donors (Lipinski definition) is 1. The van der Waals surface area contributed by atoms with Crippen LogP contribution in [0.15, 0.2) is 12.4 Å². The van der Waals surface area contributed by atoms with Crippen molar-refractivity contribution in [3.63, 3.8) is 0 Å². The molecule has 0 radical (unpaired) electrons. The molecule has 0 aliphatic heterocycles. The highest BCUT2D eigenvalue weighted by Gasteiger charge is 2.13. The van der Waals surface area contributed by atoms with E-state index in [4.69, 9.17) is 4.74 Å². The lowest BCUT2D eigenvalue weighted by Gasteiger charge is -2.19. The summed E-state index contributed by atoms with van der Waals surface area (Å²) >= 11 is 0. The molecule has 6 nitrogen and oxygen atoms in total. The van der Waals surface area contributed by atoms with Gasteiger partial charge < -0.3 is 10.1 Å². The zero-order valence-electron chi connectivity index (χ0n) is 13.6. The standard InChI is InChI=1S/C15H23N5O/c1-10-14(11(2)20(6)19-10)21-13-9-16-12(7-17-13)8-18-15(3,4)5/h7,9,18H,8H2,1-6H3. The van der Waals surface area contributed by atoms with Gasteiger partial charge in [-0.25, -0.2) is 4.98 Å². The van der Waals surface area contributed by atoms with Crippen molar-refractivity contribution in [2.24, 2.45) is 7.05 Å². The first kappa shape index (κ1) is 15.4. The first-order valence-corrected chi connectivity index (χ1v) is 7.00. The van der Waals surface area contributed by atoms with Crippen LogP contribution in [0.3, 0.4) is 0 Å². The summed E-state index contributed by atoms with van der Waals surface area (Å²) < 4.78 is 7.58. The Labute approximate surface area is 125 Å². The molecule has 0 saturated heterocycles. The van der Waals surface area contributed by atoms with Crippen LogP contribution < -0.4 is 10.1 Å². The van der Waals surface area contributed by atoms with Crippen LogP contribution in [-0.4, -0.2) is 25.3 Å². The van der Waals surface area contributed by atoms with Gasteiger partial charge in [-0.15, -0.1) is 0 Å². The molecule has 0 bridgehead atoms. The topological polar surface area (TPSA) is 64.9 Å². The number of nitrogens with one attached hydrogen (secondary N) is 1. The van der Waals surface area contributed by atoms with E-state index in [9.17, 15) is 0 Å². The van der Waals surface area contributed by atoms with Crippen molar-refractivity contribution in [1.29, 1.82) is 0 Å². The molecule has 2 aromatic heterocycles. The maximum atomic E-state index is 5.78. The van der Waals surface area contributed by atoms with Gasteiger partial charge in [0, 0.05) is 19.1 Å². The average Bonchev–Trinajstić information content (AvgIpc) is 2.64. The van der Waals surface area contributed by atoms with E-state index in [-0.39, 0.29) is 5.54 Å². The molecule has 2 aromatic rings. The van der Waals surface area contributed by atoms with Crippen molar-refractivity contribution in [2.45, 2.75) is 46.7 Å². The van der Waals surface area contributed by atoms with Gasteiger partial charge in [-0.3, -0.25) is 9.67 Å². The third-order valence-electron chi connectivity index (χ3n) is 3.13. The van der Waals surface area contributed by atoms with Gasteiger partial charge in [0.1, 0.15) is 5.69 Å². The zero-order valence-corrected chi connectivity index (χ0v) is 13.6. The van der Waals surface area contributed by atoms with Gasteiger partial charge in [-0.2, -0.15) is 5.10 Å². The van der Waals surface area contributed by atoms with Gasteiger partial charge in [-0.05, 0) is 34.6 Å². The Hall–Kier alpha value is -1.95. The van der Waals surface area contributed by atoms with Crippen LogP contribution in [0.4, 0.5) is 0 Å². The van der Waals surface area contributed by atoms with Gasteiger partial charge in [0.15, 0.2) is 5.75 Å². The molecule has 0 amide bonds. The monoisotopic (exact) mass is 289 g/mol. The average molecular weight is 289 g/mol. The van der Waals surface area contributed by atoms with Crippen LogP contribution in [0.25, 0.3) is 0 Å². The smallest absolute Gasteiger partial charge is 0.238 e. The van der Waals surface area contributed by atoms with E-state index >= 15 is 0 Å². The Morgan fingerprint density at radius 3 is 2.38 bits per heavy atom. The largest absolute Gasteiger partial charge is 0.434 e. The summed E-state index contributed by atoms with van der Waals surface area (Å²) in [6.07, 6.45) is 3.38. The molecule has 0 aliphatic rings. The predicted octanol–water partition coefficient (Wildman–Crippen LogP) is 2.51. The summed E-state index contributed by atoms with van der Waals surface area (Å²) in [6.45, 7) is 10.9. The van der Waals surface area contributed by atoms with Gasteiger partial charge in [0.2, 0.25) is 5.88 Å². The van der Waals surface area contributed by atoms with Gasteiger partial charge in [0.25, 0.3) is 0 Å². The minimum Gasteiger partial charge on any atom is -0.434 e. The summed E-state index contributed by atoms with van der Waals surface area (Å²) in [7, 11) is 1.89. The van der Waals surface area contributed by atoms with Crippen LogP contribution in [-0.2, 0) is 13.6 Å². The lowest BCUT2D eigenvalue weighted by Crippen LogP contribution is -2.35. The molecule has 21 heavy (non-hydrogen) atoms. The number of hydrogen-bond acceptors (Lipinski definition) is 5. The highest BCUT2D eigenvalue weighted by molar-refractivity contribution is 5.34. The molecule has 0 unspecified atom stereocenters. The Bertz CT molecular complexity index is 610. The van der Waals surface area contributed by atoms with Gasteiger partial charge >= 0.3 is 0 Å². The minimum atomic E-state index is 0.0563. The molecular formula is C15H23N5O. The summed E-state index contributed by atoms with van der Waals surface area (Å²) in [5.74, 6) is 1.22. The SMILES string of the molecule is Cc1nn(C)c(C)c1Oc1cnc(CNC(C)(C)C)cn1. The van der Waals surface area contributed by atoms with E-state index in [2.05, 4.69) is 41.2 Å². The third kappa shape index (κ3) is 4.01. The van der Waals surface area contributed by atoms with Gasteiger partial charge in [0.05, 0.1) is 23.8 Å². The van der Waals surface area contributed by atoms with Crippen LogP contribution in [0.2, 0.25) is 0 Å². The normalized spacial score (nSPS) is 11.7. The second-order valence-corrected chi connectivity index (χ2v) is 6.18. The zero-order chi connectivity index (χ0) is 15.6. The Morgan fingerprint density at radius 2 is 1.90 bits per heavy atom. The van der Waals surface area contributed by atoms with Crippen molar-refractivity contribution in [2.75, 3.05) is 0 Å². The van der Waals surface area contributed by atoms with Crippen LogP contribution in [0.5, 0.6) is 11.6 Å². The molecule has 1 N–H and O–H groups in total. The van der Waals surface area contributed by atoms with Crippen LogP contribution >= 0.6 is 0 Å². The third-order valence-corrected chi connectivity index (χ3v) is 3.13. The maximum Gasteiger partial charge on any atom is 0.238 e. The van der Waals surface area contributed by atoms with Crippen LogP contribution in [0.1, 0.15) is 37.9 Å². The molecule has 114 valence electrons. The van der Waals surface area contributed by atoms with E-state index in [1.807, 2.05) is 20.9 Å². The summed E-state index contributed by atoms with van der Waals surface area (Å²) in [6, 6.07) is 0. The molecule has 0 aliphatic carbocycles. The number of aromatic nitrogens is 4. The second kappa shape index (κ2) is 5.81. The van der Waals surface area contributed by atoms with Crippen molar-refractivity contribution < 1.29 is 4.74 Å². The number of aryl methyl sites for hydroxylation is 2. The first-order chi connectivity index (χ1) is 9.76. The van der Waals surface area contributed by atoms with E-state index in [1.165, 1.54) is 0 Å². The van der Waals surface area contributed by atoms with E-state index in [0.29, 0.717) is 12.4 Å². The number of rotatable bonds is 4. The predicted molar refractivity (Wildman–Crippen MR) is 81.4 cm³/mol. The van der Waals surface area contributed by atoms with Crippen molar-refractivity contribution >= 4 is 0 Å². The fraction of sp³-hybridized carbons (Fsp3) is 0.533. The van der Waals surface area contributed by atoms with E-state index in [1.54, 1.807) is 17.1 Å². The van der Waals surface area contributed by atoms with Crippen molar-refractivity contribution in [3.05, 3.63) is 29.5 Å². The maximum absolute atomic E-state index is 5.78. The summed E-state index contributed by atoms with van der Waals surface area (Å²) in [5.41, 5.74) is 2.75. The molecule has 0 atom stereocenters. The summed E-state index contributed by atoms with van der Waals surface area (Å²) in [4.78, 5) is 8.67. The molecule has 2 rings (SSSR count). The van der Waals surface area contributed by atoms with E-state index in [0.717, 1.165) is 22.8 Å². The van der Waals surface area contributed by atoms with Gasteiger partial charge in [-0.1, -0.05) is 0 Å². The van der Waals surface area contributed by atoms with E-state index < -0.39 is 0 Å². The molecule has 0 aromatic carbocycles.